The number of nitrogens with one attached hydrogen (secondary N) is 1. The second-order valence-electron chi connectivity index (χ2n) is 7.43. The van der Waals surface area contributed by atoms with E-state index in [1.165, 1.54) is 0 Å². The van der Waals surface area contributed by atoms with Crippen LogP contribution in [0.1, 0.15) is 39.5 Å². The molecule has 25 heavy (non-hydrogen) atoms. The van der Waals surface area contributed by atoms with Crippen molar-refractivity contribution < 1.29 is 4.79 Å². The second-order valence-corrected chi connectivity index (χ2v) is 7.84. The monoisotopic (exact) mass is 363 g/mol. The normalized spacial score (nSPS) is 23.7. The highest BCUT2D eigenvalue weighted by Crippen LogP contribution is 2.37. The van der Waals surface area contributed by atoms with Crippen molar-refractivity contribution in [2.75, 3.05) is 37.6 Å². The fourth-order valence-corrected chi connectivity index (χ4v) is 4.50. The van der Waals surface area contributed by atoms with E-state index in [1.807, 2.05) is 18.2 Å². The van der Waals surface area contributed by atoms with E-state index in [0.29, 0.717) is 6.04 Å². The van der Waals surface area contributed by atoms with Crippen LogP contribution in [0.4, 0.5) is 5.69 Å². The molecule has 0 aromatic heterocycles. The molecule has 0 spiro atoms. The molecular weight excluding hydrogens is 334 g/mol. The van der Waals surface area contributed by atoms with Crippen LogP contribution >= 0.6 is 11.6 Å². The molecule has 5 heteroatoms. The first-order valence-electron chi connectivity index (χ1n) is 9.61. The van der Waals surface area contributed by atoms with E-state index in [9.17, 15) is 4.79 Å². The quantitative estimate of drug-likeness (QED) is 0.839. The number of hydrogen-bond acceptors (Lipinski definition) is 3. The van der Waals surface area contributed by atoms with Crippen molar-refractivity contribution in [3.05, 3.63) is 29.3 Å². The zero-order chi connectivity index (χ0) is 17.9. The van der Waals surface area contributed by atoms with Gasteiger partial charge in [-0.25, -0.2) is 0 Å². The molecule has 1 amide bonds. The maximum Gasteiger partial charge on any atom is 0.226 e. The van der Waals surface area contributed by atoms with Crippen LogP contribution in [0.25, 0.3) is 0 Å². The van der Waals surface area contributed by atoms with Crippen molar-refractivity contribution in [1.29, 1.82) is 0 Å². The lowest BCUT2D eigenvalue weighted by molar-refractivity contribution is -0.128. The Morgan fingerprint density at radius 1 is 1.16 bits per heavy atom. The largest absolute Gasteiger partial charge is 0.368 e. The van der Waals surface area contributed by atoms with Crippen molar-refractivity contribution in [3.63, 3.8) is 0 Å². The van der Waals surface area contributed by atoms with Gasteiger partial charge >= 0.3 is 0 Å². The Kier molecular flexibility index (Phi) is 5.90. The minimum absolute atomic E-state index is 0.118. The highest BCUT2D eigenvalue weighted by Gasteiger charge is 2.43. The van der Waals surface area contributed by atoms with Gasteiger partial charge in [-0.1, -0.05) is 37.6 Å². The molecule has 1 aromatic rings. The fraction of sp³-hybridized carbons (Fsp3) is 0.650. The van der Waals surface area contributed by atoms with Gasteiger partial charge in [0.1, 0.15) is 0 Å². The molecule has 0 saturated carbocycles. The van der Waals surface area contributed by atoms with Crippen LogP contribution in [0.5, 0.6) is 0 Å². The Bertz CT molecular complexity index is 594. The number of para-hydroxylation sites is 1. The number of halogens is 1. The molecule has 1 N–H and O–H groups in total. The molecule has 0 radical (unpaired) electrons. The molecular formula is C20H30ClN3O. The summed E-state index contributed by atoms with van der Waals surface area (Å²) >= 11 is 6.31. The minimum Gasteiger partial charge on any atom is -0.368 e. The van der Waals surface area contributed by atoms with Crippen LogP contribution < -0.4 is 10.2 Å². The van der Waals surface area contributed by atoms with Gasteiger partial charge in [0.25, 0.3) is 0 Å². The number of hydrogen-bond donors (Lipinski definition) is 1. The molecule has 2 aliphatic heterocycles. The van der Waals surface area contributed by atoms with E-state index in [1.54, 1.807) is 0 Å². The van der Waals surface area contributed by atoms with Gasteiger partial charge in [-0.2, -0.15) is 0 Å². The van der Waals surface area contributed by atoms with Gasteiger partial charge in [-0.15, -0.1) is 0 Å². The fourth-order valence-electron chi connectivity index (χ4n) is 4.25. The Morgan fingerprint density at radius 2 is 1.84 bits per heavy atom. The molecule has 0 unspecified atom stereocenters. The number of amides is 1. The Hall–Kier alpha value is -1.26. The minimum atomic E-state index is -0.118. The summed E-state index contributed by atoms with van der Waals surface area (Å²) in [6, 6.07) is 8.42. The van der Waals surface area contributed by atoms with Crippen LogP contribution in [0.15, 0.2) is 24.3 Å². The van der Waals surface area contributed by atoms with Gasteiger partial charge in [0.15, 0.2) is 0 Å². The summed E-state index contributed by atoms with van der Waals surface area (Å²) in [4.78, 5) is 17.2. The van der Waals surface area contributed by atoms with Gasteiger partial charge < -0.3 is 10.2 Å². The third-order valence-electron chi connectivity index (χ3n) is 6.17. The van der Waals surface area contributed by atoms with Gasteiger partial charge in [0.2, 0.25) is 5.91 Å². The Morgan fingerprint density at radius 3 is 2.44 bits per heavy atom. The van der Waals surface area contributed by atoms with E-state index in [2.05, 4.69) is 35.0 Å². The van der Waals surface area contributed by atoms with Crippen molar-refractivity contribution in [2.24, 2.45) is 5.41 Å². The van der Waals surface area contributed by atoms with Gasteiger partial charge in [-0.3, -0.25) is 9.69 Å². The van der Waals surface area contributed by atoms with Gasteiger partial charge in [-0.05, 0) is 37.8 Å². The lowest BCUT2D eigenvalue weighted by Crippen LogP contribution is -2.47. The number of carbonyl (C=O) groups is 1. The zero-order valence-corrected chi connectivity index (χ0v) is 16.2. The summed E-state index contributed by atoms with van der Waals surface area (Å²) in [5.74, 6) is 0.269. The lowest BCUT2D eigenvalue weighted by Gasteiger charge is -2.36. The molecule has 0 bridgehead atoms. The lowest BCUT2D eigenvalue weighted by atomic mass is 9.79. The molecule has 2 aliphatic rings. The summed E-state index contributed by atoms with van der Waals surface area (Å²) in [6.45, 7) is 9.46. The summed E-state index contributed by atoms with van der Waals surface area (Å²) in [7, 11) is 0. The number of benzene rings is 1. The van der Waals surface area contributed by atoms with E-state index < -0.39 is 0 Å². The van der Waals surface area contributed by atoms with Crippen LogP contribution in [0.3, 0.4) is 0 Å². The van der Waals surface area contributed by atoms with Crippen molar-refractivity contribution in [1.82, 2.24) is 10.2 Å². The zero-order valence-electron chi connectivity index (χ0n) is 15.4. The van der Waals surface area contributed by atoms with Crippen LogP contribution in [0, 0.1) is 5.41 Å². The second kappa shape index (κ2) is 7.96. The summed E-state index contributed by atoms with van der Waals surface area (Å²) in [5, 5.41) is 4.07. The van der Waals surface area contributed by atoms with Crippen molar-refractivity contribution >= 4 is 23.2 Å². The first-order valence-corrected chi connectivity index (χ1v) is 9.98. The third-order valence-corrected chi connectivity index (χ3v) is 6.49. The Labute approximate surface area is 156 Å². The highest BCUT2D eigenvalue weighted by atomic mass is 35.5. The van der Waals surface area contributed by atoms with Crippen LogP contribution in [-0.2, 0) is 4.79 Å². The van der Waals surface area contributed by atoms with Crippen LogP contribution in [0.2, 0.25) is 5.02 Å². The number of nitrogens with zero attached hydrogens (tertiary/aromatic N) is 2. The van der Waals surface area contributed by atoms with Crippen molar-refractivity contribution in [2.45, 2.75) is 45.6 Å². The van der Waals surface area contributed by atoms with E-state index in [0.717, 1.165) is 69.1 Å². The number of rotatable bonds is 6. The summed E-state index contributed by atoms with van der Waals surface area (Å²) in [5.41, 5.74) is 1.02. The van der Waals surface area contributed by atoms with E-state index in [4.69, 9.17) is 11.6 Å². The number of piperazine rings is 1. The molecule has 3 rings (SSSR count). The summed E-state index contributed by atoms with van der Waals surface area (Å²) in [6.07, 6.45) is 3.95. The predicted molar refractivity (Wildman–Crippen MR) is 104 cm³/mol. The average Bonchev–Trinajstić information content (AvgIpc) is 2.97. The molecule has 2 fully saturated rings. The average molecular weight is 364 g/mol. The van der Waals surface area contributed by atoms with Crippen LogP contribution in [-0.4, -0.2) is 49.6 Å². The highest BCUT2D eigenvalue weighted by molar-refractivity contribution is 6.33. The Balaban J connectivity index is 1.46. The number of anilines is 1. The molecule has 2 heterocycles. The van der Waals surface area contributed by atoms with Gasteiger partial charge in [0.05, 0.1) is 16.1 Å². The topological polar surface area (TPSA) is 35.6 Å². The molecule has 0 aliphatic carbocycles. The molecule has 1 aromatic carbocycles. The maximum absolute atomic E-state index is 12.3. The SMILES string of the molecule is CCC1(CC)C[C@H](CCN2CCN(c3ccccc3Cl)CC2)NC1=O. The molecule has 4 nitrogen and oxygen atoms in total. The predicted octanol–water partition coefficient (Wildman–Crippen LogP) is 3.55. The van der Waals surface area contributed by atoms with E-state index in [-0.39, 0.29) is 11.3 Å². The first kappa shape index (κ1) is 18.5. The smallest absolute Gasteiger partial charge is 0.226 e. The first-order chi connectivity index (χ1) is 12.1. The third kappa shape index (κ3) is 3.95. The van der Waals surface area contributed by atoms with Crippen molar-refractivity contribution in [3.8, 4) is 0 Å². The van der Waals surface area contributed by atoms with E-state index >= 15 is 0 Å². The maximum atomic E-state index is 12.3. The molecule has 138 valence electrons. The summed E-state index contributed by atoms with van der Waals surface area (Å²) < 4.78 is 0. The molecule has 1 atom stereocenters. The standard InChI is InChI=1S/C20H30ClN3O/c1-3-20(4-2)15-16(22-19(20)25)9-10-23-11-13-24(14-12-23)18-8-6-5-7-17(18)21/h5-8,16H,3-4,9-15H2,1-2H3,(H,22,25)/t16-/m0/s1. The van der Waals surface area contributed by atoms with Gasteiger partial charge in [0, 0.05) is 38.8 Å². The molecule has 2 saturated heterocycles. The number of carbonyl (C=O) groups excluding carboxylic acids is 1.